The molecule has 0 amide bonds. The Hall–Kier alpha value is -2.82. The van der Waals surface area contributed by atoms with Crippen LogP contribution in [0.3, 0.4) is 0 Å². The van der Waals surface area contributed by atoms with E-state index >= 15 is 0 Å². The van der Waals surface area contributed by atoms with Gasteiger partial charge in [-0.05, 0) is 31.2 Å². The second-order valence-electron chi connectivity index (χ2n) is 6.30. The molecule has 2 aromatic heterocycles. The van der Waals surface area contributed by atoms with Crippen LogP contribution in [0.25, 0.3) is 22.2 Å². The minimum absolute atomic E-state index is 0.0273. The Bertz CT molecular complexity index is 953. The zero-order chi connectivity index (χ0) is 17.9. The maximum Gasteiger partial charge on any atom is 0.120 e. The highest BCUT2D eigenvalue weighted by molar-refractivity contribution is 5.93. The third-order valence-corrected chi connectivity index (χ3v) is 4.41. The molecule has 7 nitrogen and oxygen atoms in total. The van der Waals surface area contributed by atoms with Crippen molar-refractivity contribution in [3.63, 3.8) is 0 Å². The van der Waals surface area contributed by atoms with E-state index in [1.165, 1.54) is 0 Å². The molecule has 4 bridgehead atoms. The maximum atomic E-state index is 9.42. The van der Waals surface area contributed by atoms with Crippen molar-refractivity contribution in [2.75, 3.05) is 26.4 Å². The Morgan fingerprint density at radius 3 is 3.08 bits per heavy atom. The standard InChI is InChI=1S/C19H20N4O3/c1-13-12-26-16-2-3-18-17(9-16)19(22-21-18)14-8-15(10-20)23(11-14)4-5-24-6-7-25-13/h2-3,8-9,11,13H,4-7,12H2,1H3,(H,21,22)/t13-/m0/s1. The molecule has 3 aromatic rings. The molecule has 0 spiro atoms. The second kappa shape index (κ2) is 7.20. The lowest BCUT2D eigenvalue weighted by molar-refractivity contribution is -0.00698. The van der Waals surface area contributed by atoms with Crippen molar-refractivity contribution in [3.05, 3.63) is 36.2 Å². The maximum absolute atomic E-state index is 9.42. The molecule has 7 heteroatoms. The van der Waals surface area contributed by atoms with Gasteiger partial charge in [-0.2, -0.15) is 10.4 Å². The lowest BCUT2D eigenvalue weighted by Crippen LogP contribution is -2.21. The van der Waals surface area contributed by atoms with Crippen molar-refractivity contribution in [2.24, 2.45) is 0 Å². The highest BCUT2D eigenvalue weighted by Gasteiger charge is 2.14. The van der Waals surface area contributed by atoms with Gasteiger partial charge in [-0.1, -0.05) is 0 Å². The average Bonchev–Trinajstić information content (AvgIpc) is 3.25. The summed E-state index contributed by atoms with van der Waals surface area (Å²) in [7, 11) is 0. The van der Waals surface area contributed by atoms with Crippen molar-refractivity contribution in [1.29, 1.82) is 5.26 Å². The number of ether oxygens (including phenoxy) is 3. The van der Waals surface area contributed by atoms with Crippen LogP contribution in [0.1, 0.15) is 12.6 Å². The monoisotopic (exact) mass is 352 g/mol. The van der Waals surface area contributed by atoms with Gasteiger partial charge in [0.25, 0.3) is 0 Å². The largest absolute Gasteiger partial charge is 0.491 e. The molecule has 3 heterocycles. The first-order valence-electron chi connectivity index (χ1n) is 8.65. The van der Waals surface area contributed by atoms with Gasteiger partial charge in [-0.3, -0.25) is 5.10 Å². The van der Waals surface area contributed by atoms with Gasteiger partial charge in [-0.15, -0.1) is 0 Å². The number of nitrogens with zero attached hydrogens (tertiary/aromatic N) is 3. The molecular formula is C19H20N4O3. The summed E-state index contributed by atoms with van der Waals surface area (Å²) in [6.45, 7) is 4.59. The molecule has 0 aliphatic carbocycles. The third-order valence-electron chi connectivity index (χ3n) is 4.41. The Morgan fingerprint density at radius 2 is 2.19 bits per heavy atom. The van der Waals surface area contributed by atoms with E-state index in [0.717, 1.165) is 27.9 Å². The van der Waals surface area contributed by atoms with Crippen LogP contribution in [0.4, 0.5) is 0 Å². The summed E-state index contributed by atoms with van der Waals surface area (Å²) < 4.78 is 19.1. The van der Waals surface area contributed by atoms with Gasteiger partial charge in [-0.25, -0.2) is 0 Å². The summed E-state index contributed by atoms with van der Waals surface area (Å²) in [4.78, 5) is 0. The molecule has 1 aliphatic rings. The predicted octanol–water partition coefficient (Wildman–Crippen LogP) is 2.72. The molecule has 0 radical (unpaired) electrons. The van der Waals surface area contributed by atoms with Crippen LogP contribution in [-0.2, 0) is 16.0 Å². The van der Waals surface area contributed by atoms with Crippen molar-refractivity contribution in [3.8, 4) is 23.1 Å². The molecule has 0 fully saturated rings. The first kappa shape index (κ1) is 16.6. The summed E-state index contributed by atoms with van der Waals surface area (Å²) >= 11 is 0. The van der Waals surface area contributed by atoms with Crippen LogP contribution in [-0.4, -0.2) is 47.3 Å². The summed E-state index contributed by atoms with van der Waals surface area (Å²) in [5.74, 6) is 0.763. The van der Waals surface area contributed by atoms with E-state index in [0.29, 0.717) is 38.7 Å². The number of benzene rings is 1. The van der Waals surface area contributed by atoms with E-state index in [-0.39, 0.29) is 6.10 Å². The van der Waals surface area contributed by atoms with Gasteiger partial charge >= 0.3 is 0 Å². The summed E-state index contributed by atoms with van der Waals surface area (Å²) in [5, 5.41) is 17.9. The van der Waals surface area contributed by atoms with Crippen molar-refractivity contribution >= 4 is 10.9 Å². The normalized spacial score (nSPS) is 18.5. The van der Waals surface area contributed by atoms with Gasteiger partial charge in [0.1, 0.15) is 29.8 Å². The van der Waals surface area contributed by atoms with Gasteiger partial charge in [0.05, 0.1) is 31.4 Å². The van der Waals surface area contributed by atoms with Crippen LogP contribution < -0.4 is 4.74 Å². The van der Waals surface area contributed by atoms with Crippen LogP contribution >= 0.6 is 0 Å². The zero-order valence-electron chi connectivity index (χ0n) is 14.6. The van der Waals surface area contributed by atoms with Gasteiger partial charge in [0, 0.05) is 23.7 Å². The van der Waals surface area contributed by atoms with E-state index in [4.69, 9.17) is 14.2 Å². The van der Waals surface area contributed by atoms with Gasteiger partial charge in [0.15, 0.2) is 0 Å². The Kier molecular flexibility index (Phi) is 4.61. The molecular weight excluding hydrogens is 332 g/mol. The second-order valence-corrected chi connectivity index (χ2v) is 6.30. The summed E-state index contributed by atoms with van der Waals surface area (Å²) in [6.07, 6.45) is 1.91. The SMILES string of the molecule is C[C@H]1COc2ccc3[nH]nc(c3c2)-c2cc(C#N)n(c2)CCOCCO1. The molecule has 0 saturated carbocycles. The molecule has 4 rings (SSSR count). The third kappa shape index (κ3) is 3.29. The van der Waals surface area contributed by atoms with Crippen LogP contribution in [0.5, 0.6) is 5.75 Å². The van der Waals surface area contributed by atoms with Crippen molar-refractivity contribution in [1.82, 2.24) is 14.8 Å². The van der Waals surface area contributed by atoms with Gasteiger partial charge < -0.3 is 18.8 Å². The number of nitrogens with one attached hydrogen (secondary N) is 1. The summed E-state index contributed by atoms with van der Waals surface area (Å²) in [6, 6.07) is 9.92. The Balaban J connectivity index is 1.75. The molecule has 134 valence electrons. The summed E-state index contributed by atoms with van der Waals surface area (Å²) in [5.41, 5.74) is 3.21. The van der Waals surface area contributed by atoms with Crippen LogP contribution in [0.15, 0.2) is 30.5 Å². The Labute approximate surface area is 151 Å². The van der Waals surface area contributed by atoms with E-state index < -0.39 is 0 Å². The first-order valence-corrected chi connectivity index (χ1v) is 8.65. The number of fused-ring (bicyclic) bond motifs is 4. The zero-order valence-corrected chi connectivity index (χ0v) is 14.6. The number of hydrogen-bond donors (Lipinski definition) is 1. The first-order chi connectivity index (χ1) is 12.7. The topological polar surface area (TPSA) is 85.1 Å². The fourth-order valence-corrected chi connectivity index (χ4v) is 3.05. The van der Waals surface area contributed by atoms with Crippen molar-refractivity contribution < 1.29 is 14.2 Å². The van der Waals surface area contributed by atoms with Crippen LogP contribution in [0.2, 0.25) is 0 Å². The molecule has 1 atom stereocenters. The number of H-pyrrole nitrogens is 1. The fourth-order valence-electron chi connectivity index (χ4n) is 3.05. The minimum Gasteiger partial charge on any atom is -0.491 e. The average molecular weight is 352 g/mol. The van der Waals surface area contributed by atoms with E-state index in [9.17, 15) is 5.26 Å². The number of nitriles is 1. The molecule has 26 heavy (non-hydrogen) atoms. The lowest BCUT2D eigenvalue weighted by Gasteiger charge is -2.15. The van der Waals surface area contributed by atoms with Crippen LogP contribution in [0, 0.1) is 11.3 Å². The molecule has 0 unspecified atom stereocenters. The number of aromatic nitrogens is 3. The molecule has 1 aliphatic heterocycles. The highest BCUT2D eigenvalue weighted by atomic mass is 16.5. The molecule has 1 N–H and O–H groups in total. The number of hydrogen-bond acceptors (Lipinski definition) is 5. The van der Waals surface area contributed by atoms with E-state index in [1.807, 2.05) is 42.0 Å². The number of aromatic amines is 1. The van der Waals surface area contributed by atoms with Crippen molar-refractivity contribution in [2.45, 2.75) is 19.6 Å². The predicted molar refractivity (Wildman–Crippen MR) is 96.0 cm³/mol. The lowest BCUT2D eigenvalue weighted by atomic mass is 10.1. The Morgan fingerprint density at radius 1 is 1.27 bits per heavy atom. The molecule has 1 aromatic carbocycles. The molecule has 0 saturated heterocycles. The fraction of sp³-hybridized carbons (Fsp3) is 0.368. The number of rotatable bonds is 0. The van der Waals surface area contributed by atoms with Gasteiger partial charge in [0.2, 0.25) is 0 Å². The minimum atomic E-state index is -0.0273. The van der Waals surface area contributed by atoms with E-state index in [2.05, 4.69) is 16.3 Å². The quantitative estimate of drug-likeness (QED) is 0.672. The smallest absolute Gasteiger partial charge is 0.120 e. The highest BCUT2D eigenvalue weighted by Crippen LogP contribution is 2.30. The van der Waals surface area contributed by atoms with E-state index in [1.54, 1.807) is 0 Å².